The van der Waals surface area contributed by atoms with Gasteiger partial charge in [0, 0.05) is 23.7 Å². The number of hydrogen-bond donors (Lipinski definition) is 2. The largest absolute Gasteiger partial charge is 0.494 e. The molecule has 0 fully saturated rings. The number of nitrogens with one attached hydrogen (secondary N) is 2. The number of ether oxygens (including phenoxy) is 1. The van der Waals surface area contributed by atoms with Crippen LogP contribution >= 0.6 is 23.1 Å². The number of urea groups is 1. The third-order valence-corrected chi connectivity index (χ3v) is 6.34. The number of thioether (sulfide) groups is 1. The Balaban J connectivity index is 1.35. The van der Waals surface area contributed by atoms with Crippen molar-refractivity contribution in [1.82, 2.24) is 19.6 Å². The van der Waals surface area contributed by atoms with Gasteiger partial charge in [-0.3, -0.25) is 14.5 Å². The highest BCUT2D eigenvalue weighted by Crippen LogP contribution is 2.28. The van der Waals surface area contributed by atoms with Crippen molar-refractivity contribution in [2.75, 3.05) is 17.2 Å². The van der Waals surface area contributed by atoms with Crippen molar-refractivity contribution in [3.8, 4) is 5.75 Å². The summed E-state index contributed by atoms with van der Waals surface area (Å²) in [5.74, 6) is 1.20. The molecule has 11 heteroatoms. The number of anilines is 2. The SMILES string of the molecule is CCOc1ccc(NC(=O)Nc2nnc(SCc3cc(=O)n4cccc(C)c4n3)s2)cc1. The molecule has 9 nitrogen and oxygen atoms in total. The normalized spacial score (nSPS) is 10.8. The predicted octanol–water partition coefficient (Wildman–Crippen LogP) is 4.19. The van der Waals surface area contributed by atoms with Crippen LogP contribution in [0.3, 0.4) is 0 Å². The molecule has 0 aliphatic heterocycles. The van der Waals surface area contributed by atoms with Crippen LogP contribution in [0.2, 0.25) is 0 Å². The Morgan fingerprint density at radius 2 is 2.00 bits per heavy atom. The zero-order chi connectivity index (χ0) is 22.5. The molecule has 0 aliphatic carbocycles. The number of pyridine rings is 1. The van der Waals surface area contributed by atoms with Crippen LogP contribution in [-0.2, 0) is 5.75 Å². The van der Waals surface area contributed by atoms with E-state index in [0.29, 0.717) is 38.9 Å². The Hall–Kier alpha value is -3.44. The molecule has 32 heavy (non-hydrogen) atoms. The summed E-state index contributed by atoms with van der Waals surface area (Å²) in [4.78, 5) is 29.1. The van der Waals surface area contributed by atoms with Crippen molar-refractivity contribution in [3.05, 3.63) is 70.3 Å². The molecule has 3 aromatic heterocycles. The molecule has 1 aromatic carbocycles. The lowest BCUT2D eigenvalue weighted by Gasteiger charge is -2.06. The van der Waals surface area contributed by atoms with E-state index in [4.69, 9.17) is 4.74 Å². The maximum atomic E-state index is 12.3. The van der Waals surface area contributed by atoms with Gasteiger partial charge in [-0.1, -0.05) is 29.2 Å². The minimum Gasteiger partial charge on any atom is -0.494 e. The lowest BCUT2D eigenvalue weighted by atomic mass is 10.3. The summed E-state index contributed by atoms with van der Waals surface area (Å²) >= 11 is 2.65. The zero-order valence-electron chi connectivity index (χ0n) is 17.4. The molecule has 0 saturated carbocycles. The Bertz CT molecular complexity index is 1300. The molecule has 0 bridgehead atoms. The van der Waals surface area contributed by atoms with E-state index in [1.54, 1.807) is 30.5 Å². The number of nitrogens with zero attached hydrogens (tertiary/aromatic N) is 4. The van der Waals surface area contributed by atoms with Crippen LogP contribution in [0.1, 0.15) is 18.2 Å². The lowest BCUT2D eigenvalue weighted by Crippen LogP contribution is -2.19. The molecule has 4 rings (SSSR count). The lowest BCUT2D eigenvalue weighted by molar-refractivity contribution is 0.262. The zero-order valence-corrected chi connectivity index (χ0v) is 19.0. The standard InChI is InChI=1S/C21H20N6O3S2/c1-3-30-16-8-6-14(7-9-16)23-19(29)24-20-25-26-21(32-20)31-12-15-11-17(28)27-10-4-5-13(2)18(27)22-15/h4-11H,3,12H2,1-2H3,(H2,23,24,25,29). The van der Waals surface area contributed by atoms with Crippen LogP contribution in [0.4, 0.5) is 15.6 Å². The molecule has 2 N–H and O–H groups in total. The second-order valence-electron chi connectivity index (χ2n) is 6.67. The van der Waals surface area contributed by atoms with E-state index >= 15 is 0 Å². The van der Waals surface area contributed by atoms with Crippen LogP contribution in [0.5, 0.6) is 5.75 Å². The van der Waals surface area contributed by atoms with Crippen LogP contribution < -0.4 is 20.9 Å². The van der Waals surface area contributed by atoms with Gasteiger partial charge in [-0.2, -0.15) is 0 Å². The third-order valence-electron chi connectivity index (χ3n) is 4.33. The summed E-state index contributed by atoms with van der Waals surface area (Å²) in [6.07, 6.45) is 1.70. The fourth-order valence-corrected chi connectivity index (χ4v) is 4.54. The summed E-state index contributed by atoms with van der Waals surface area (Å²) < 4.78 is 7.57. The molecule has 0 saturated heterocycles. The Kier molecular flexibility index (Phi) is 6.66. The number of benzene rings is 1. The van der Waals surface area contributed by atoms with E-state index in [9.17, 15) is 9.59 Å². The van der Waals surface area contributed by atoms with Gasteiger partial charge >= 0.3 is 6.03 Å². The molecule has 0 aliphatic rings. The molecular weight excluding hydrogens is 448 g/mol. The highest BCUT2D eigenvalue weighted by Gasteiger charge is 2.11. The van der Waals surface area contributed by atoms with Crippen molar-refractivity contribution in [2.24, 2.45) is 0 Å². The van der Waals surface area contributed by atoms with Crippen LogP contribution in [0, 0.1) is 6.92 Å². The topological polar surface area (TPSA) is 111 Å². The van der Waals surface area contributed by atoms with Gasteiger partial charge in [0.15, 0.2) is 4.34 Å². The second kappa shape index (κ2) is 9.79. The number of rotatable bonds is 7. The molecule has 0 atom stereocenters. The van der Waals surface area contributed by atoms with Crippen molar-refractivity contribution in [1.29, 1.82) is 0 Å². The van der Waals surface area contributed by atoms with Crippen molar-refractivity contribution in [3.63, 3.8) is 0 Å². The van der Waals surface area contributed by atoms with E-state index in [1.165, 1.54) is 33.6 Å². The number of carbonyl (C=O) groups excluding carboxylic acids is 1. The highest BCUT2D eigenvalue weighted by molar-refractivity contribution is 8.00. The van der Waals surface area contributed by atoms with Gasteiger partial charge in [-0.15, -0.1) is 10.2 Å². The molecule has 4 aromatic rings. The first-order valence-corrected chi connectivity index (χ1v) is 11.6. The van der Waals surface area contributed by atoms with E-state index < -0.39 is 6.03 Å². The first-order chi connectivity index (χ1) is 15.5. The Morgan fingerprint density at radius 3 is 2.78 bits per heavy atom. The maximum Gasteiger partial charge on any atom is 0.325 e. The number of amides is 2. The van der Waals surface area contributed by atoms with Crippen molar-refractivity contribution < 1.29 is 9.53 Å². The average Bonchev–Trinajstić information content (AvgIpc) is 3.22. The molecule has 0 radical (unpaired) electrons. The Labute approximate surface area is 191 Å². The molecule has 0 spiro atoms. The fourth-order valence-electron chi connectivity index (χ4n) is 2.90. The van der Waals surface area contributed by atoms with E-state index in [-0.39, 0.29) is 5.56 Å². The van der Waals surface area contributed by atoms with Gasteiger partial charge in [0.2, 0.25) is 5.13 Å². The summed E-state index contributed by atoms with van der Waals surface area (Å²) in [7, 11) is 0. The number of fused-ring (bicyclic) bond motifs is 1. The number of aryl methyl sites for hydroxylation is 1. The van der Waals surface area contributed by atoms with Crippen LogP contribution in [0.25, 0.3) is 5.65 Å². The number of carbonyl (C=O) groups is 1. The summed E-state index contributed by atoms with van der Waals surface area (Å²) in [6.45, 7) is 4.41. The van der Waals surface area contributed by atoms with Gasteiger partial charge in [0.1, 0.15) is 11.4 Å². The highest BCUT2D eigenvalue weighted by atomic mass is 32.2. The first kappa shape index (κ1) is 21.8. The summed E-state index contributed by atoms with van der Waals surface area (Å²) in [5, 5.41) is 13.9. The molecule has 0 unspecified atom stereocenters. The monoisotopic (exact) mass is 468 g/mol. The molecule has 3 heterocycles. The van der Waals surface area contributed by atoms with Gasteiger partial charge < -0.3 is 10.1 Å². The predicted molar refractivity (Wildman–Crippen MR) is 126 cm³/mol. The number of hydrogen-bond acceptors (Lipinski definition) is 8. The maximum absolute atomic E-state index is 12.3. The van der Waals surface area contributed by atoms with Crippen molar-refractivity contribution in [2.45, 2.75) is 23.9 Å². The molecule has 2 amide bonds. The van der Waals surface area contributed by atoms with Gasteiger partial charge in [-0.25, -0.2) is 9.78 Å². The van der Waals surface area contributed by atoms with Gasteiger partial charge in [0.25, 0.3) is 5.56 Å². The van der Waals surface area contributed by atoms with Gasteiger partial charge in [-0.05, 0) is 49.7 Å². The molecule has 164 valence electrons. The van der Waals surface area contributed by atoms with Gasteiger partial charge in [0.05, 0.1) is 12.3 Å². The fraction of sp³-hybridized carbons (Fsp3) is 0.190. The smallest absolute Gasteiger partial charge is 0.325 e. The number of aromatic nitrogens is 4. The van der Waals surface area contributed by atoms with E-state index in [1.807, 2.05) is 26.0 Å². The molecular formula is C21H20N6O3S2. The van der Waals surface area contributed by atoms with Crippen molar-refractivity contribution >= 4 is 45.6 Å². The quantitative estimate of drug-likeness (QED) is 0.309. The first-order valence-electron chi connectivity index (χ1n) is 9.77. The summed E-state index contributed by atoms with van der Waals surface area (Å²) in [5.41, 5.74) is 2.74. The minimum atomic E-state index is -0.415. The Morgan fingerprint density at radius 1 is 1.19 bits per heavy atom. The van der Waals surface area contributed by atoms with Crippen LogP contribution in [-0.4, -0.2) is 32.2 Å². The minimum absolute atomic E-state index is 0.125. The van der Waals surface area contributed by atoms with Crippen LogP contribution in [0.15, 0.2) is 57.8 Å². The average molecular weight is 469 g/mol. The van der Waals surface area contributed by atoms with E-state index in [0.717, 1.165) is 11.3 Å². The third kappa shape index (κ3) is 5.24. The van der Waals surface area contributed by atoms with E-state index in [2.05, 4.69) is 25.8 Å². The summed E-state index contributed by atoms with van der Waals surface area (Å²) in [6, 6.07) is 11.9. The second-order valence-corrected chi connectivity index (χ2v) is 8.87.